The monoisotopic (exact) mass is 347 g/mol. The van der Waals surface area contributed by atoms with Gasteiger partial charge in [0.15, 0.2) is 0 Å². The van der Waals surface area contributed by atoms with Crippen LogP contribution in [0.25, 0.3) is 6.08 Å². The first-order chi connectivity index (χ1) is 11.5. The molecule has 0 saturated carbocycles. The number of nitrogens with zero attached hydrogens (tertiary/aromatic N) is 4. The molecule has 0 unspecified atom stereocenters. The third kappa shape index (κ3) is 3.24. The molecule has 0 aromatic carbocycles. The fourth-order valence-electron chi connectivity index (χ4n) is 3.18. The van der Waals surface area contributed by atoms with Crippen LogP contribution in [0.15, 0.2) is 6.08 Å². The molecule has 1 amide bonds. The molecule has 128 valence electrons. The zero-order chi connectivity index (χ0) is 17.3. The lowest BCUT2D eigenvalue weighted by molar-refractivity contribution is -0.116. The summed E-state index contributed by atoms with van der Waals surface area (Å²) in [5, 5.41) is 7.65. The number of hydrogen-bond donors (Lipinski definition) is 1. The Labute approximate surface area is 146 Å². The SMILES string of the molecule is Cc1nn(C)c(Cl)c1/C=C/C(=O)NCc1nc(C)n2c1CCCC2. The number of aryl methyl sites for hydroxylation is 3. The second-order valence-electron chi connectivity index (χ2n) is 6.13. The highest BCUT2D eigenvalue weighted by molar-refractivity contribution is 6.31. The molecule has 2 aromatic heterocycles. The lowest BCUT2D eigenvalue weighted by atomic mass is 10.1. The quantitative estimate of drug-likeness (QED) is 0.864. The molecule has 0 fully saturated rings. The highest BCUT2D eigenvalue weighted by Gasteiger charge is 2.17. The molecule has 0 saturated heterocycles. The minimum absolute atomic E-state index is 0.162. The number of carbonyl (C=O) groups excluding carboxylic acids is 1. The summed E-state index contributed by atoms with van der Waals surface area (Å²) >= 11 is 6.16. The topological polar surface area (TPSA) is 64.7 Å². The van der Waals surface area contributed by atoms with E-state index in [1.165, 1.54) is 24.6 Å². The standard InChI is InChI=1S/C17H22ClN5O/c1-11-13(17(18)22(3)21-11)7-8-16(24)19-10-14-15-6-4-5-9-23(15)12(2)20-14/h7-8H,4-6,9-10H2,1-3H3,(H,19,24)/b8-7+. The number of halogens is 1. The number of amides is 1. The number of aromatic nitrogens is 4. The van der Waals surface area contributed by atoms with Crippen molar-refractivity contribution in [3.8, 4) is 0 Å². The summed E-state index contributed by atoms with van der Waals surface area (Å²) in [7, 11) is 1.77. The predicted octanol–water partition coefficient (Wildman–Crippen LogP) is 2.55. The molecule has 2 aromatic rings. The number of imidazole rings is 1. The maximum atomic E-state index is 12.1. The number of fused-ring (bicyclic) bond motifs is 1. The average Bonchev–Trinajstić information content (AvgIpc) is 3.01. The third-order valence-electron chi connectivity index (χ3n) is 4.42. The van der Waals surface area contributed by atoms with Gasteiger partial charge in [-0.25, -0.2) is 4.98 Å². The van der Waals surface area contributed by atoms with E-state index >= 15 is 0 Å². The van der Waals surface area contributed by atoms with E-state index in [1.807, 2.05) is 13.8 Å². The number of nitrogens with one attached hydrogen (secondary N) is 1. The molecular weight excluding hydrogens is 326 g/mol. The van der Waals surface area contributed by atoms with Gasteiger partial charge in [-0.05, 0) is 39.2 Å². The highest BCUT2D eigenvalue weighted by Crippen LogP contribution is 2.21. The number of carbonyl (C=O) groups is 1. The van der Waals surface area contributed by atoms with Crippen molar-refractivity contribution in [3.05, 3.63) is 39.7 Å². The summed E-state index contributed by atoms with van der Waals surface area (Å²) in [4.78, 5) is 16.7. The summed E-state index contributed by atoms with van der Waals surface area (Å²) in [5.74, 6) is 0.867. The van der Waals surface area contributed by atoms with E-state index in [0.717, 1.165) is 35.7 Å². The largest absolute Gasteiger partial charge is 0.347 e. The van der Waals surface area contributed by atoms with Gasteiger partial charge in [-0.2, -0.15) is 5.10 Å². The fraction of sp³-hybridized carbons (Fsp3) is 0.471. The van der Waals surface area contributed by atoms with Crippen molar-refractivity contribution in [1.82, 2.24) is 24.6 Å². The first-order valence-electron chi connectivity index (χ1n) is 8.17. The predicted molar refractivity (Wildman–Crippen MR) is 93.7 cm³/mol. The van der Waals surface area contributed by atoms with Crippen LogP contribution in [0.3, 0.4) is 0 Å². The molecule has 0 bridgehead atoms. The Kier molecular flexibility index (Phi) is 4.76. The van der Waals surface area contributed by atoms with Crippen molar-refractivity contribution < 1.29 is 4.79 Å². The molecular formula is C17H22ClN5O. The zero-order valence-corrected chi connectivity index (χ0v) is 15.0. The van der Waals surface area contributed by atoms with Crippen LogP contribution in [0.4, 0.5) is 0 Å². The van der Waals surface area contributed by atoms with Gasteiger partial charge in [0.25, 0.3) is 0 Å². The van der Waals surface area contributed by atoms with Crippen LogP contribution >= 0.6 is 11.6 Å². The van der Waals surface area contributed by atoms with Gasteiger partial charge in [-0.15, -0.1) is 0 Å². The maximum absolute atomic E-state index is 12.1. The third-order valence-corrected chi connectivity index (χ3v) is 4.87. The first kappa shape index (κ1) is 16.8. The Morgan fingerprint density at radius 2 is 2.17 bits per heavy atom. The van der Waals surface area contributed by atoms with Crippen molar-refractivity contribution in [2.45, 2.75) is 46.2 Å². The van der Waals surface area contributed by atoms with Gasteiger partial charge in [0.05, 0.1) is 17.9 Å². The first-order valence-corrected chi connectivity index (χ1v) is 8.55. The van der Waals surface area contributed by atoms with Crippen molar-refractivity contribution in [2.24, 2.45) is 7.05 Å². The van der Waals surface area contributed by atoms with Gasteiger partial charge in [0, 0.05) is 30.9 Å². The normalized spacial score (nSPS) is 14.2. The lowest BCUT2D eigenvalue weighted by Gasteiger charge is -2.16. The molecule has 6 nitrogen and oxygen atoms in total. The summed E-state index contributed by atoms with van der Waals surface area (Å²) in [5.41, 5.74) is 3.80. The molecule has 0 atom stereocenters. The lowest BCUT2D eigenvalue weighted by Crippen LogP contribution is -2.22. The van der Waals surface area contributed by atoms with Crippen LogP contribution in [0.1, 0.15) is 41.3 Å². The average molecular weight is 348 g/mol. The molecule has 24 heavy (non-hydrogen) atoms. The van der Waals surface area contributed by atoms with E-state index in [9.17, 15) is 4.79 Å². The van der Waals surface area contributed by atoms with Crippen molar-refractivity contribution in [1.29, 1.82) is 0 Å². The van der Waals surface area contributed by atoms with Crippen LogP contribution < -0.4 is 5.32 Å². The molecule has 1 N–H and O–H groups in total. The molecule has 0 radical (unpaired) electrons. The van der Waals surface area contributed by atoms with Crippen LogP contribution in [0.5, 0.6) is 0 Å². The fourth-order valence-corrected chi connectivity index (χ4v) is 3.41. The minimum Gasteiger partial charge on any atom is -0.347 e. The molecule has 1 aliphatic rings. The summed E-state index contributed by atoms with van der Waals surface area (Å²) in [6.07, 6.45) is 6.61. The Morgan fingerprint density at radius 1 is 1.38 bits per heavy atom. The minimum atomic E-state index is -0.162. The van der Waals surface area contributed by atoms with Gasteiger partial charge in [-0.3, -0.25) is 9.48 Å². The molecule has 0 aliphatic carbocycles. The van der Waals surface area contributed by atoms with Gasteiger partial charge in [0.1, 0.15) is 11.0 Å². The van der Waals surface area contributed by atoms with E-state index in [0.29, 0.717) is 11.7 Å². The molecule has 3 rings (SSSR count). The summed E-state index contributed by atoms with van der Waals surface area (Å²) < 4.78 is 3.86. The Balaban J connectivity index is 1.65. The van der Waals surface area contributed by atoms with Crippen molar-refractivity contribution in [2.75, 3.05) is 0 Å². The van der Waals surface area contributed by atoms with E-state index in [1.54, 1.807) is 17.8 Å². The Hall–Kier alpha value is -2.08. The second-order valence-corrected chi connectivity index (χ2v) is 6.48. The van der Waals surface area contributed by atoms with E-state index in [-0.39, 0.29) is 5.91 Å². The molecule has 3 heterocycles. The van der Waals surface area contributed by atoms with Crippen LogP contribution in [0, 0.1) is 13.8 Å². The summed E-state index contributed by atoms with van der Waals surface area (Å²) in [6.45, 7) is 5.36. The highest BCUT2D eigenvalue weighted by atomic mass is 35.5. The van der Waals surface area contributed by atoms with Gasteiger partial charge >= 0.3 is 0 Å². The summed E-state index contributed by atoms with van der Waals surface area (Å²) in [6, 6.07) is 0. The molecule has 7 heteroatoms. The smallest absolute Gasteiger partial charge is 0.244 e. The Morgan fingerprint density at radius 3 is 2.88 bits per heavy atom. The van der Waals surface area contributed by atoms with E-state index in [4.69, 9.17) is 11.6 Å². The van der Waals surface area contributed by atoms with Gasteiger partial charge < -0.3 is 9.88 Å². The maximum Gasteiger partial charge on any atom is 0.244 e. The number of rotatable bonds is 4. The van der Waals surface area contributed by atoms with Gasteiger partial charge in [-0.1, -0.05) is 11.6 Å². The van der Waals surface area contributed by atoms with E-state index < -0.39 is 0 Å². The van der Waals surface area contributed by atoms with Crippen LogP contribution in [-0.2, 0) is 31.4 Å². The van der Waals surface area contributed by atoms with Crippen molar-refractivity contribution >= 4 is 23.6 Å². The van der Waals surface area contributed by atoms with Crippen LogP contribution in [-0.4, -0.2) is 25.2 Å². The number of hydrogen-bond acceptors (Lipinski definition) is 3. The van der Waals surface area contributed by atoms with Gasteiger partial charge in [0.2, 0.25) is 5.91 Å². The van der Waals surface area contributed by atoms with E-state index in [2.05, 4.69) is 20.0 Å². The second kappa shape index (κ2) is 6.81. The molecule has 0 spiro atoms. The molecule has 1 aliphatic heterocycles. The van der Waals surface area contributed by atoms with Crippen LogP contribution in [0.2, 0.25) is 5.15 Å². The van der Waals surface area contributed by atoms with Crippen molar-refractivity contribution in [3.63, 3.8) is 0 Å². The Bertz CT molecular complexity index is 802. The zero-order valence-electron chi connectivity index (χ0n) is 14.3.